The third-order valence-corrected chi connectivity index (χ3v) is 5.47. The Hall–Kier alpha value is -0.0800. The molecule has 2 fully saturated rings. The average Bonchev–Trinajstić information content (AvgIpc) is 2.88. The summed E-state index contributed by atoms with van der Waals surface area (Å²) in [6.45, 7) is 9.69. The van der Waals surface area contributed by atoms with Crippen LogP contribution in [0, 0.1) is 5.41 Å². The van der Waals surface area contributed by atoms with E-state index < -0.39 is 0 Å². The molecule has 1 N–H and O–H groups in total. The lowest BCUT2D eigenvalue weighted by Crippen LogP contribution is -2.48. The highest BCUT2D eigenvalue weighted by molar-refractivity contribution is 4.91. The minimum absolute atomic E-state index is 0.768. The van der Waals surface area contributed by atoms with Gasteiger partial charge in [-0.1, -0.05) is 33.1 Å². The van der Waals surface area contributed by atoms with E-state index in [1.165, 1.54) is 84.0 Å². The average molecular weight is 266 g/mol. The zero-order chi connectivity index (χ0) is 13.6. The predicted octanol–water partition coefficient (Wildman–Crippen LogP) is 3.81. The van der Waals surface area contributed by atoms with E-state index in [1.807, 2.05) is 0 Å². The first-order valence-electron chi connectivity index (χ1n) is 8.74. The molecular weight excluding hydrogens is 232 g/mol. The lowest BCUT2D eigenvalue weighted by Gasteiger charge is -2.43. The molecule has 0 aromatic heterocycles. The van der Waals surface area contributed by atoms with Gasteiger partial charge in [0.1, 0.15) is 0 Å². The Balaban J connectivity index is 1.78. The van der Waals surface area contributed by atoms with Gasteiger partial charge in [0.15, 0.2) is 0 Å². The molecule has 0 aromatic rings. The molecule has 1 saturated heterocycles. The molecule has 0 bridgehead atoms. The van der Waals surface area contributed by atoms with Gasteiger partial charge in [-0.3, -0.25) is 4.90 Å². The SMILES string of the molecule is CCCNCC(CCC)N1CCC2(CCCC2)CC1. The van der Waals surface area contributed by atoms with E-state index >= 15 is 0 Å². The second-order valence-corrected chi connectivity index (χ2v) is 6.89. The summed E-state index contributed by atoms with van der Waals surface area (Å²) in [7, 11) is 0. The van der Waals surface area contributed by atoms with Crippen molar-refractivity contribution in [2.24, 2.45) is 5.41 Å². The highest BCUT2D eigenvalue weighted by atomic mass is 15.2. The molecule has 2 rings (SSSR count). The molecule has 2 aliphatic rings. The minimum atomic E-state index is 0.768. The molecule has 2 heteroatoms. The summed E-state index contributed by atoms with van der Waals surface area (Å²) in [5.41, 5.74) is 0.768. The van der Waals surface area contributed by atoms with Crippen LogP contribution in [0.3, 0.4) is 0 Å². The van der Waals surface area contributed by atoms with Crippen molar-refractivity contribution < 1.29 is 0 Å². The van der Waals surface area contributed by atoms with Crippen LogP contribution in [0.5, 0.6) is 0 Å². The number of hydrogen-bond acceptors (Lipinski definition) is 2. The highest BCUT2D eigenvalue weighted by Crippen LogP contribution is 2.46. The predicted molar refractivity (Wildman–Crippen MR) is 83.6 cm³/mol. The van der Waals surface area contributed by atoms with Crippen molar-refractivity contribution in [3.05, 3.63) is 0 Å². The Kier molecular flexibility index (Phi) is 6.15. The van der Waals surface area contributed by atoms with E-state index in [0.29, 0.717) is 0 Å². The van der Waals surface area contributed by atoms with Crippen molar-refractivity contribution in [1.29, 1.82) is 0 Å². The zero-order valence-corrected chi connectivity index (χ0v) is 13.2. The second-order valence-electron chi connectivity index (χ2n) is 6.89. The maximum Gasteiger partial charge on any atom is 0.0220 e. The van der Waals surface area contributed by atoms with Crippen molar-refractivity contribution in [3.8, 4) is 0 Å². The summed E-state index contributed by atoms with van der Waals surface area (Å²) in [4.78, 5) is 2.79. The van der Waals surface area contributed by atoms with Crippen molar-refractivity contribution in [1.82, 2.24) is 10.2 Å². The molecule has 1 atom stereocenters. The number of rotatable bonds is 7. The van der Waals surface area contributed by atoms with Gasteiger partial charge in [-0.05, 0) is 63.6 Å². The fourth-order valence-corrected chi connectivity index (χ4v) is 4.18. The molecule has 1 aliphatic heterocycles. The summed E-state index contributed by atoms with van der Waals surface area (Å²) >= 11 is 0. The zero-order valence-electron chi connectivity index (χ0n) is 13.2. The van der Waals surface area contributed by atoms with Gasteiger partial charge in [0.2, 0.25) is 0 Å². The van der Waals surface area contributed by atoms with Gasteiger partial charge in [0.25, 0.3) is 0 Å². The minimum Gasteiger partial charge on any atom is -0.315 e. The summed E-state index contributed by atoms with van der Waals surface area (Å²) in [5, 5.41) is 3.64. The Morgan fingerprint density at radius 2 is 1.68 bits per heavy atom. The van der Waals surface area contributed by atoms with Gasteiger partial charge in [-0.25, -0.2) is 0 Å². The summed E-state index contributed by atoms with van der Waals surface area (Å²) in [6, 6.07) is 0.787. The Morgan fingerprint density at radius 3 is 2.26 bits per heavy atom. The molecule has 1 heterocycles. The van der Waals surface area contributed by atoms with Crippen LogP contribution in [0.15, 0.2) is 0 Å². The van der Waals surface area contributed by atoms with Crippen molar-refractivity contribution in [2.45, 2.75) is 77.7 Å². The first-order chi connectivity index (χ1) is 9.29. The summed E-state index contributed by atoms with van der Waals surface area (Å²) < 4.78 is 0. The van der Waals surface area contributed by atoms with Crippen molar-refractivity contribution in [2.75, 3.05) is 26.2 Å². The smallest absolute Gasteiger partial charge is 0.0220 e. The number of nitrogens with zero attached hydrogens (tertiary/aromatic N) is 1. The van der Waals surface area contributed by atoms with E-state index in [4.69, 9.17) is 0 Å². The molecule has 1 aliphatic carbocycles. The van der Waals surface area contributed by atoms with Gasteiger partial charge in [0, 0.05) is 12.6 Å². The molecule has 0 amide bonds. The van der Waals surface area contributed by atoms with Crippen molar-refractivity contribution in [3.63, 3.8) is 0 Å². The highest BCUT2D eigenvalue weighted by Gasteiger charge is 2.37. The van der Waals surface area contributed by atoms with Crippen LogP contribution in [-0.2, 0) is 0 Å². The number of likely N-dealkylation sites (tertiary alicyclic amines) is 1. The van der Waals surface area contributed by atoms with Crippen molar-refractivity contribution >= 4 is 0 Å². The molecule has 1 unspecified atom stereocenters. The molecule has 1 saturated carbocycles. The first kappa shape index (κ1) is 15.3. The number of hydrogen-bond donors (Lipinski definition) is 1. The summed E-state index contributed by atoms with van der Waals surface area (Å²) in [6.07, 6.45) is 12.9. The van der Waals surface area contributed by atoms with Crippen LogP contribution >= 0.6 is 0 Å². The van der Waals surface area contributed by atoms with Crippen LogP contribution < -0.4 is 5.32 Å². The third kappa shape index (κ3) is 4.19. The van der Waals surface area contributed by atoms with Gasteiger partial charge >= 0.3 is 0 Å². The summed E-state index contributed by atoms with van der Waals surface area (Å²) in [5.74, 6) is 0. The lowest BCUT2D eigenvalue weighted by molar-refractivity contribution is 0.0719. The maximum absolute atomic E-state index is 3.64. The molecule has 19 heavy (non-hydrogen) atoms. The van der Waals surface area contributed by atoms with Crippen LogP contribution in [-0.4, -0.2) is 37.1 Å². The van der Waals surface area contributed by atoms with Crippen LogP contribution in [0.4, 0.5) is 0 Å². The fourth-order valence-electron chi connectivity index (χ4n) is 4.18. The fraction of sp³-hybridized carbons (Fsp3) is 1.00. The van der Waals surface area contributed by atoms with Gasteiger partial charge in [-0.2, -0.15) is 0 Å². The topological polar surface area (TPSA) is 15.3 Å². The lowest BCUT2D eigenvalue weighted by atomic mass is 9.76. The molecule has 2 nitrogen and oxygen atoms in total. The maximum atomic E-state index is 3.64. The molecule has 0 radical (unpaired) electrons. The number of nitrogens with one attached hydrogen (secondary N) is 1. The van der Waals surface area contributed by atoms with E-state index in [2.05, 4.69) is 24.1 Å². The van der Waals surface area contributed by atoms with Crippen LogP contribution in [0.1, 0.15) is 71.6 Å². The second kappa shape index (κ2) is 7.64. The first-order valence-corrected chi connectivity index (χ1v) is 8.74. The molecule has 0 aromatic carbocycles. The Bertz CT molecular complexity index is 236. The van der Waals surface area contributed by atoms with E-state index in [1.54, 1.807) is 0 Å². The normalized spacial score (nSPS) is 24.9. The number of piperidine rings is 1. The van der Waals surface area contributed by atoms with E-state index in [-0.39, 0.29) is 0 Å². The standard InChI is InChI=1S/C17H34N2/c1-3-7-16(15-18-12-4-2)19-13-10-17(11-14-19)8-5-6-9-17/h16,18H,3-15H2,1-2H3. The third-order valence-electron chi connectivity index (χ3n) is 5.47. The largest absolute Gasteiger partial charge is 0.315 e. The molecule has 1 spiro atoms. The monoisotopic (exact) mass is 266 g/mol. The van der Waals surface area contributed by atoms with Gasteiger partial charge in [0.05, 0.1) is 0 Å². The van der Waals surface area contributed by atoms with Gasteiger partial charge in [-0.15, -0.1) is 0 Å². The molecular formula is C17H34N2. The Morgan fingerprint density at radius 1 is 1.00 bits per heavy atom. The van der Waals surface area contributed by atoms with Crippen LogP contribution in [0.25, 0.3) is 0 Å². The van der Waals surface area contributed by atoms with E-state index in [0.717, 1.165) is 11.5 Å². The molecule has 112 valence electrons. The van der Waals surface area contributed by atoms with Crippen LogP contribution in [0.2, 0.25) is 0 Å². The Labute approximate surface area is 120 Å². The van der Waals surface area contributed by atoms with Gasteiger partial charge < -0.3 is 5.32 Å². The van der Waals surface area contributed by atoms with E-state index in [9.17, 15) is 0 Å². The quantitative estimate of drug-likeness (QED) is 0.705.